The number of thiazole rings is 1. The molecular weight excluding hydrogens is 311 g/mol. The van der Waals surface area contributed by atoms with Crippen LogP contribution in [0.3, 0.4) is 0 Å². The number of nitrogens with one attached hydrogen (secondary N) is 2. The molecule has 6 nitrogen and oxygen atoms in total. The first-order valence-electron chi connectivity index (χ1n) is 6.00. The van der Waals surface area contributed by atoms with Gasteiger partial charge in [-0.3, -0.25) is 4.79 Å². The number of piperidine rings is 1. The van der Waals surface area contributed by atoms with Crippen LogP contribution in [-0.4, -0.2) is 47.3 Å². The lowest BCUT2D eigenvalue weighted by molar-refractivity contribution is -0.192. The van der Waals surface area contributed by atoms with Crippen LogP contribution in [0.4, 0.5) is 13.2 Å². The van der Waals surface area contributed by atoms with Gasteiger partial charge >= 0.3 is 12.1 Å². The number of nitrogens with zero attached hydrogens (tertiary/aromatic N) is 1. The van der Waals surface area contributed by atoms with Gasteiger partial charge in [-0.25, -0.2) is 9.78 Å². The molecule has 2 heterocycles. The lowest BCUT2D eigenvalue weighted by atomic mass is 10.1. The third-order valence-electron chi connectivity index (χ3n) is 2.58. The van der Waals surface area contributed by atoms with Crippen molar-refractivity contribution < 1.29 is 27.9 Å². The van der Waals surface area contributed by atoms with Crippen LogP contribution in [0.25, 0.3) is 0 Å². The van der Waals surface area contributed by atoms with Crippen LogP contribution in [0.2, 0.25) is 0 Å². The number of carbonyl (C=O) groups excluding carboxylic acids is 1. The number of alkyl halides is 3. The number of halogens is 3. The zero-order valence-electron chi connectivity index (χ0n) is 10.8. The molecule has 1 aromatic rings. The van der Waals surface area contributed by atoms with E-state index < -0.39 is 12.1 Å². The van der Waals surface area contributed by atoms with Gasteiger partial charge < -0.3 is 15.7 Å². The summed E-state index contributed by atoms with van der Waals surface area (Å²) in [5.41, 5.74) is 2.21. The van der Waals surface area contributed by atoms with Crippen molar-refractivity contribution in [1.82, 2.24) is 15.6 Å². The molecule has 3 N–H and O–H groups in total. The molecule has 0 unspecified atom stereocenters. The van der Waals surface area contributed by atoms with E-state index in [1.165, 1.54) is 11.3 Å². The molecule has 1 amide bonds. The molecule has 0 radical (unpaired) electrons. The first-order valence-corrected chi connectivity index (χ1v) is 6.95. The van der Waals surface area contributed by atoms with E-state index in [-0.39, 0.29) is 5.91 Å². The SMILES string of the molecule is O=C(NC1CCNCC1)c1cscn1.O=C(O)C(F)(F)F. The molecule has 1 aliphatic heterocycles. The molecule has 1 saturated heterocycles. The molecule has 118 valence electrons. The number of hydrogen-bond acceptors (Lipinski definition) is 5. The van der Waals surface area contributed by atoms with Gasteiger partial charge in [-0.2, -0.15) is 13.2 Å². The van der Waals surface area contributed by atoms with Crippen LogP contribution in [0.5, 0.6) is 0 Å². The van der Waals surface area contributed by atoms with Crippen LogP contribution < -0.4 is 10.6 Å². The molecule has 0 aliphatic carbocycles. The number of amides is 1. The quantitative estimate of drug-likeness (QED) is 0.761. The van der Waals surface area contributed by atoms with E-state index in [2.05, 4.69) is 15.6 Å². The number of hydrogen-bond donors (Lipinski definition) is 3. The predicted molar refractivity (Wildman–Crippen MR) is 69.2 cm³/mol. The largest absolute Gasteiger partial charge is 0.490 e. The Morgan fingerprint density at radius 3 is 2.38 bits per heavy atom. The standard InChI is InChI=1S/C9H13N3OS.C2HF3O2/c13-9(8-5-14-6-11-8)12-7-1-3-10-4-2-7;3-2(4,5)1(6)7/h5-7,10H,1-4H2,(H,12,13);(H,6,7). The number of aliphatic carboxylic acids is 1. The maximum Gasteiger partial charge on any atom is 0.490 e. The van der Waals surface area contributed by atoms with Crippen molar-refractivity contribution in [3.05, 3.63) is 16.6 Å². The maximum atomic E-state index is 11.6. The zero-order valence-corrected chi connectivity index (χ0v) is 11.6. The molecule has 21 heavy (non-hydrogen) atoms. The summed E-state index contributed by atoms with van der Waals surface area (Å²) in [6, 6.07) is 0.311. The van der Waals surface area contributed by atoms with Gasteiger partial charge in [0.15, 0.2) is 0 Å². The molecule has 1 aromatic heterocycles. The Kier molecular flexibility index (Phi) is 6.56. The van der Waals surface area contributed by atoms with E-state index in [9.17, 15) is 18.0 Å². The van der Waals surface area contributed by atoms with Crippen LogP contribution >= 0.6 is 11.3 Å². The lowest BCUT2D eigenvalue weighted by Crippen LogP contribution is -2.42. The Morgan fingerprint density at radius 1 is 1.38 bits per heavy atom. The first kappa shape index (κ1) is 17.4. The Morgan fingerprint density at radius 2 is 1.95 bits per heavy atom. The molecule has 0 atom stereocenters. The van der Waals surface area contributed by atoms with Crippen molar-refractivity contribution >= 4 is 23.2 Å². The molecule has 1 fully saturated rings. The van der Waals surface area contributed by atoms with Crippen molar-refractivity contribution in [3.63, 3.8) is 0 Å². The molecule has 0 bridgehead atoms. The average molecular weight is 325 g/mol. The van der Waals surface area contributed by atoms with E-state index in [0.717, 1.165) is 25.9 Å². The van der Waals surface area contributed by atoms with Crippen molar-refractivity contribution in [1.29, 1.82) is 0 Å². The Hall–Kier alpha value is -1.68. The number of aromatic nitrogens is 1. The van der Waals surface area contributed by atoms with E-state index in [4.69, 9.17) is 9.90 Å². The second-order valence-corrected chi connectivity index (χ2v) is 4.89. The average Bonchev–Trinajstić information content (AvgIpc) is 2.93. The van der Waals surface area contributed by atoms with Gasteiger partial charge in [-0.15, -0.1) is 11.3 Å². The highest BCUT2D eigenvalue weighted by Gasteiger charge is 2.38. The van der Waals surface area contributed by atoms with Crippen LogP contribution in [0, 0.1) is 0 Å². The fourth-order valence-corrected chi connectivity index (χ4v) is 2.08. The molecule has 0 spiro atoms. The minimum atomic E-state index is -5.08. The molecule has 1 aliphatic rings. The van der Waals surface area contributed by atoms with Gasteiger partial charge in [0, 0.05) is 11.4 Å². The number of rotatable bonds is 2. The van der Waals surface area contributed by atoms with Gasteiger partial charge in [-0.1, -0.05) is 0 Å². The Balaban J connectivity index is 0.000000270. The molecule has 2 rings (SSSR count). The maximum absolute atomic E-state index is 11.6. The zero-order chi connectivity index (χ0) is 15.9. The highest BCUT2D eigenvalue weighted by atomic mass is 32.1. The van der Waals surface area contributed by atoms with Crippen molar-refractivity contribution in [2.45, 2.75) is 25.1 Å². The van der Waals surface area contributed by atoms with Crippen LogP contribution in [-0.2, 0) is 4.79 Å². The molecule has 10 heteroatoms. The van der Waals surface area contributed by atoms with Gasteiger partial charge in [0.25, 0.3) is 5.91 Å². The summed E-state index contributed by atoms with van der Waals surface area (Å²) in [7, 11) is 0. The number of carbonyl (C=O) groups is 2. The third kappa shape index (κ3) is 6.54. The van der Waals surface area contributed by atoms with Crippen LogP contribution in [0.15, 0.2) is 10.9 Å². The highest BCUT2D eigenvalue weighted by molar-refractivity contribution is 7.07. The third-order valence-corrected chi connectivity index (χ3v) is 3.17. The number of carboxylic acid groups (broad SMARTS) is 1. The fourth-order valence-electron chi connectivity index (χ4n) is 1.55. The second kappa shape index (κ2) is 7.93. The summed E-state index contributed by atoms with van der Waals surface area (Å²) >= 11 is 1.45. The van der Waals surface area contributed by atoms with Gasteiger partial charge in [0.2, 0.25) is 0 Å². The summed E-state index contributed by atoms with van der Waals surface area (Å²) in [6.07, 6.45) is -3.06. The highest BCUT2D eigenvalue weighted by Crippen LogP contribution is 2.13. The van der Waals surface area contributed by atoms with Gasteiger partial charge in [-0.05, 0) is 25.9 Å². The summed E-state index contributed by atoms with van der Waals surface area (Å²) < 4.78 is 31.7. The number of carboxylic acids is 1. The van der Waals surface area contributed by atoms with Gasteiger partial charge in [0.1, 0.15) is 5.69 Å². The summed E-state index contributed by atoms with van der Waals surface area (Å²) in [5, 5.41) is 15.1. The predicted octanol–water partition coefficient (Wildman–Crippen LogP) is 1.26. The normalized spacial score (nSPS) is 15.8. The fraction of sp³-hybridized carbons (Fsp3) is 0.545. The topological polar surface area (TPSA) is 91.3 Å². The molecular formula is C11H14F3N3O3S. The lowest BCUT2D eigenvalue weighted by Gasteiger charge is -2.23. The van der Waals surface area contributed by atoms with Crippen molar-refractivity contribution in [3.8, 4) is 0 Å². The van der Waals surface area contributed by atoms with E-state index in [1.54, 1.807) is 10.9 Å². The monoisotopic (exact) mass is 325 g/mol. The second-order valence-electron chi connectivity index (χ2n) is 4.17. The summed E-state index contributed by atoms with van der Waals surface area (Å²) in [6.45, 7) is 1.98. The summed E-state index contributed by atoms with van der Waals surface area (Å²) in [5.74, 6) is -2.80. The Bertz CT molecular complexity index is 459. The van der Waals surface area contributed by atoms with Gasteiger partial charge in [0.05, 0.1) is 5.51 Å². The molecule has 0 saturated carbocycles. The van der Waals surface area contributed by atoms with Crippen molar-refractivity contribution in [2.75, 3.05) is 13.1 Å². The van der Waals surface area contributed by atoms with E-state index in [0.29, 0.717) is 11.7 Å². The smallest absolute Gasteiger partial charge is 0.475 e. The minimum absolute atomic E-state index is 0.0434. The minimum Gasteiger partial charge on any atom is -0.475 e. The summed E-state index contributed by atoms with van der Waals surface area (Å²) in [4.78, 5) is 24.5. The molecule has 0 aromatic carbocycles. The van der Waals surface area contributed by atoms with Crippen LogP contribution in [0.1, 0.15) is 23.3 Å². The van der Waals surface area contributed by atoms with Crippen molar-refractivity contribution in [2.24, 2.45) is 0 Å². The van der Waals surface area contributed by atoms with E-state index in [1.807, 2.05) is 0 Å². The first-order chi connectivity index (χ1) is 9.80. The van der Waals surface area contributed by atoms with E-state index >= 15 is 0 Å². The Labute approximate surface area is 122 Å².